The SMILES string of the molecule is CCOC(=O)c1sc(NC(=O)CSc2nc(=O)n(CCCN3CCOCC3)c3c2CCC3)nc1C. The van der Waals surface area contributed by atoms with Gasteiger partial charge in [-0.25, -0.2) is 14.6 Å². The van der Waals surface area contributed by atoms with Crippen molar-refractivity contribution >= 4 is 40.1 Å². The maximum atomic E-state index is 12.8. The lowest BCUT2D eigenvalue weighted by Crippen LogP contribution is -2.37. The van der Waals surface area contributed by atoms with Crippen LogP contribution in [0, 0.1) is 6.92 Å². The highest BCUT2D eigenvalue weighted by Gasteiger charge is 2.23. The average molecular weight is 522 g/mol. The van der Waals surface area contributed by atoms with Crippen LogP contribution in [0.4, 0.5) is 5.13 Å². The van der Waals surface area contributed by atoms with E-state index in [0.717, 1.165) is 81.1 Å². The molecule has 0 spiro atoms. The topological polar surface area (TPSA) is 116 Å². The summed E-state index contributed by atoms with van der Waals surface area (Å²) in [4.78, 5) is 48.7. The number of ether oxygens (including phenoxy) is 2. The molecule has 4 rings (SSSR count). The summed E-state index contributed by atoms with van der Waals surface area (Å²) in [5, 5.41) is 3.73. The zero-order valence-corrected chi connectivity index (χ0v) is 21.8. The Morgan fingerprint density at radius 2 is 2.00 bits per heavy atom. The van der Waals surface area contributed by atoms with Crippen molar-refractivity contribution in [1.82, 2.24) is 19.4 Å². The summed E-state index contributed by atoms with van der Waals surface area (Å²) in [6.07, 6.45) is 3.60. The second-order valence-electron chi connectivity index (χ2n) is 8.43. The van der Waals surface area contributed by atoms with E-state index in [9.17, 15) is 14.4 Å². The van der Waals surface area contributed by atoms with E-state index in [1.165, 1.54) is 11.8 Å². The predicted molar refractivity (Wildman–Crippen MR) is 135 cm³/mol. The molecule has 1 N–H and O–H groups in total. The number of hydrogen-bond acceptors (Lipinski definition) is 10. The van der Waals surface area contributed by atoms with Crippen LogP contribution < -0.4 is 11.0 Å². The molecule has 2 aromatic rings. The Morgan fingerprint density at radius 1 is 1.20 bits per heavy atom. The van der Waals surface area contributed by atoms with Crippen LogP contribution in [0.2, 0.25) is 0 Å². The Morgan fingerprint density at radius 3 is 2.77 bits per heavy atom. The highest BCUT2D eigenvalue weighted by Crippen LogP contribution is 2.30. The van der Waals surface area contributed by atoms with E-state index in [0.29, 0.717) is 27.3 Å². The van der Waals surface area contributed by atoms with Gasteiger partial charge in [0.2, 0.25) is 5.91 Å². The fourth-order valence-corrected chi connectivity index (χ4v) is 6.09. The van der Waals surface area contributed by atoms with Gasteiger partial charge >= 0.3 is 11.7 Å². The number of morpholine rings is 1. The van der Waals surface area contributed by atoms with Crippen LogP contribution in [0.1, 0.15) is 46.4 Å². The van der Waals surface area contributed by atoms with Gasteiger partial charge in [-0.3, -0.25) is 14.3 Å². The zero-order chi connectivity index (χ0) is 24.8. The summed E-state index contributed by atoms with van der Waals surface area (Å²) in [5.74, 6) is -0.599. The van der Waals surface area contributed by atoms with Crippen molar-refractivity contribution in [3.05, 3.63) is 32.3 Å². The van der Waals surface area contributed by atoms with E-state index in [2.05, 4.69) is 20.2 Å². The number of carbonyl (C=O) groups is 2. The van der Waals surface area contributed by atoms with Crippen molar-refractivity contribution in [2.24, 2.45) is 0 Å². The number of esters is 1. The van der Waals surface area contributed by atoms with Crippen molar-refractivity contribution in [3.8, 4) is 0 Å². The lowest BCUT2D eigenvalue weighted by Gasteiger charge is -2.26. The van der Waals surface area contributed by atoms with Gasteiger partial charge in [0.25, 0.3) is 0 Å². The third-order valence-corrected chi connectivity index (χ3v) is 8.07. The molecule has 1 fully saturated rings. The number of aryl methyl sites for hydroxylation is 1. The Bertz CT molecular complexity index is 1130. The molecule has 35 heavy (non-hydrogen) atoms. The predicted octanol–water partition coefficient (Wildman–Crippen LogP) is 2.13. The standard InChI is InChI=1S/C23H31N5O5S2/c1-3-33-21(30)19-15(2)24-22(35-19)25-18(29)14-34-20-16-6-4-7-17(16)28(23(31)26-20)9-5-8-27-10-12-32-13-11-27/h3-14H2,1-2H3,(H,24,25,29). The van der Waals surface area contributed by atoms with Gasteiger partial charge in [-0.1, -0.05) is 23.1 Å². The fourth-order valence-electron chi connectivity index (χ4n) is 4.34. The monoisotopic (exact) mass is 521 g/mol. The molecule has 3 heterocycles. The first-order valence-electron chi connectivity index (χ1n) is 12.0. The highest BCUT2D eigenvalue weighted by molar-refractivity contribution is 8.00. The summed E-state index contributed by atoms with van der Waals surface area (Å²) < 4.78 is 12.2. The first-order chi connectivity index (χ1) is 17.0. The smallest absolute Gasteiger partial charge is 0.350 e. The molecule has 0 atom stereocenters. The second kappa shape index (κ2) is 12.1. The third-order valence-electron chi connectivity index (χ3n) is 6.00. The first kappa shape index (κ1) is 25.8. The van der Waals surface area contributed by atoms with E-state index in [-0.39, 0.29) is 24.0 Å². The number of nitrogens with one attached hydrogen (secondary N) is 1. The largest absolute Gasteiger partial charge is 0.462 e. The molecular weight excluding hydrogens is 490 g/mol. The molecule has 0 saturated carbocycles. The molecule has 2 aromatic heterocycles. The van der Waals surface area contributed by atoms with Crippen molar-refractivity contribution in [2.75, 3.05) is 50.5 Å². The molecule has 1 amide bonds. The van der Waals surface area contributed by atoms with Gasteiger partial charge in [0.15, 0.2) is 5.13 Å². The number of aromatic nitrogens is 3. The zero-order valence-electron chi connectivity index (χ0n) is 20.1. The Hall–Kier alpha value is -2.28. The van der Waals surface area contributed by atoms with Crippen LogP contribution in [0.3, 0.4) is 0 Å². The summed E-state index contributed by atoms with van der Waals surface area (Å²) in [6, 6.07) is 0. The number of nitrogens with zero attached hydrogens (tertiary/aromatic N) is 4. The fraction of sp³-hybridized carbons (Fsp3) is 0.609. The van der Waals surface area contributed by atoms with E-state index in [1.807, 2.05) is 4.57 Å². The summed E-state index contributed by atoms with van der Waals surface area (Å²) in [6.45, 7) is 8.73. The minimum Gasteiger partial charge on any atom is -0.462 e. The van der Waals surface area contributed by atoms with Crippen molar-refractivity contribution in [3.63, 3.8) is 0 Å². The maximum Gasteiger partial charge on any atom is 0.350 e. The number of rotatable bonds is 10. The average Bonchev–Trinajstić information content (AvgIpc) is 3.47. The van der Waals surface area contributed by atoms with E-state index >= 15 is 0 Å². The van der Waals surface area contributed by atoms with Crippen molar-refractivity contribution in [2.45, 2.75) is 51.1 Å². The van der Waals surface area contributed by atoms with Crippen LogP contribution in [0.15, 0.2) is 9.82 Å². The van der Waals surface area contributed by atoms with Crippen LogP contribution in [0.5, 0.6) is 0 Å². The lowest BCUT2D eigenvalue weighted by molar-refractivity contribution is -0.113. The molecule has 0 unspecified atom stereocenters. The van der Waals surface area contributed by atoms with Gasteiger partial charge in [-0.05, 0) is 39.5 Å². The molecule has 0 bridgehead atoms. The van der Waals surface area contributed by atoms with E-state index in [4.69, 9.17) is 9.47 Å². The summed E-state index contributed by atoms with van der Waals surface area (Å²) in [7, 11) is 0. The minimum absolute atomic E-state index is 0.104. The van der Waals surface area contributed by atoms with Crippen LogP contribution in [0.25, 0.3) is 0 Å². The second-order valence-corrected chi connectivity index (χ2v) is 10.4. The molecule has 0 radical (unpaired) electrons. The van der Waals surface area contributed by atoms with Gasteiger partial charge in [-0.15, -0.1) is 0 Å². The highest BCUT2D eigenvalue weighted by atomic mass is 32.2. The van der Waals surface area contributed by atoms with E-state index in [1.54, 1.807) is 13.8 Å². The number of thioether (sulfide) groups is 1. The minimum atomic E-state index is -0.442. The third kappa shape index (κ3) is 6.49. The molecule has 1 saturated heterocycles. The first-order valence-corrected chi connectivity index (χ1v) is 13.8. The van der Waals surface area contributed by atoms with Gasteiger partial charge in [0, 0.05) is 37.4 Å². The lowest BCUT2D eigenvalue weighted by atomic mass is 10.2. The van der Waals surface area contributed by atoms with Gasteiger partial charge in [0.05, 0.1) is 31.3 Å². The molecule has 1 aliphatic carbocycles. The molecule has 2 aliphatic rings. The van der Waals surface area contributed by atoms with Crippen LogP contribution >= 0.6 is 23.1 Å². The quantitative estimate of drug-likeness (QED) is 0.285. The molecule has 0 aromatic carbocycles. The summed E-state index contributed by atoms with van der Waals surface area (Å²) in [5.41, 5.74) is 2.42. The van der Waals surface area contributed by atoms with Gasteiger partial charge in [0.1, 0.15) is 9.90 Å². The molecule has 12 heteroatoms. The Labute approximate surface area is 212 Å². The maximum absolute atomic E-state index is 12.8. The van der Waals surface area contributed by atoms with E-state index < -0.39 is 5.97 Å². The normalized spacial score (nSPS) is 15.7. The van der Waals surface area contributed by atoms with Crippen LogP contribution in [-0.2, 0) is 33.7 Å². The Kier molecular flexibility index (Phi) is 8.93. The van der Waals surface area contributed by atoms with Crippen molar-refractivity contribution in [1.29, 1.82) is 0 Å². The molecule has 190 valence electrons. The number of fused-ring (bicyclic) bond motifs is 1. The van der Waals surface area contributed by atoms with Crippen LogP contribution in [-0.4, -0.2) is 76.5 Å². The number of anilines is 1. The number of hydrogen-bond donors (Lipinski definition) is 1. The van der Waals surface area contributed by atoms with Gasteiger partial charge in [-0.2, -0.15) is 4.98 Å². The summed E-state index contributed by atoms with van der Waals surface area (Å²) >= 11 is 2.37. The van der Waals surface area contributed by atoms with Crippen molar-refractivity contribution < 1.29 is 19.1 Å². The number of amides is 1. The Balaban J connectivity index is 1.35. The molecule has 1 aliphatic heterocycles. The number of thiazole rings is 1. The molecular formula is C23H31N5O5S2. The number of carbonyl (C=O) groups excluding carboxylic acids is 2. The van der Waals surface area contributed by atoms with Gasteiger partial charge < -0.3 is 14.8 Å². The molecule has 10 nitrogen and oxygen atoms in total.